The monoisotopic (exact) mass is 380 g/mol. The van der Waals surface area contributed by atoms with Crippen molar-refractivity contribution in [2.45, 2.75) is 39.2 Å². The average molecular weight is 380 g/mol. The molecular formula is C21H24N4O3. The van der Waals surface area contributed by atoms with Crippen LogP contribution in [0, 0.1) is 18.8 Å². The van der Waals surface area contributed by atoms with Crippen LogP contribution < -0.4 is 5.32 Å². The van der Waals surface area contributed by atoms with Crippen LogP contribution in [0.25, 0.3) is 0 Å². The molecule has 7 heteroatoms. The molecule has 4 rings (SSSR count). The minimum absolute atomic E-state index is 0.196. The summed E-state index contributed by atoms with van der Waals surface area (Å²) in [5.41, 5.74) is 2.23. The molecule has 1 saturated carbocycles. The molecule has 2 heterocycles. The first-order valence-electron chi connectivity index (χ1n) is 9.75. The van der Waals surface area contributed by atoms with Crippen molar-refractivity contribution < 1.29 is 14.4 Å². The Bertz CT molecular complexity index is 896. The van der Waals surface area contributed by atoms with Crippen LogP contribution in [0.4, 0.5) is 5.82 Å². The Kier molecular flexibility index (Phi) is 4.98. The number of aromatic nitrogens is 2. The fraction of sp³-hybridized carbons (Fsp3) is 0.429. The van der Waals surface area contributed by atoms with Crippen LogP contribution in [0.2, 0.25) is 0 Å². The lowest BCUT2D eigenvalue weighted by molar-refractivity contribution is -0.142. The Morgan fingerprint density at radius 1 is 1.14 bits per heavy atom. The minimum atomic E-state index is -0.383. The number of nitrogens with one attached hydrogen (secondary N) is 1. The molecule has 0 radical (unpaired) electrons. The predicted octanol–water partition coefficient (Wildman–Crippen LogP) is 2.35. The third-order valence-electron chi connectivity index (χ3n) is 5.63. The fourth-order valence-electron chi connectivity index (χ4n) is 4.26. The summed E-state index contributed by atoms with van der Waals surface area (Å²) in [6.45, 7) is 2.31. The van der Waals surface area contributed by atoms with Gasteiger partial charge in [-0.25, -0.2) is 4.68 Å². The van der Waals surface area contributed by atoms with E-state index in [1.165, 1.54) is 0 Å². The molecule has 1 aliphatic carbocycles. The maximum Gasteiger partial charge on any atom is 0.245 e. The highest BCUT2D eigenvalue weighted by atomic mass is 16.2. The summed E-state index contributed by atoms with van der Waals surface area (Å²) >= 11 is 0. The number of benzene rings is 1. The van der Waals surface area contributed by atoms with Crippen LogP contribution in [0.3, 0.4) is 0 Å². The van der Waals surface area contributed by atoms with Crippen LogP contribution >= 0.6 is 0 Å². The van der Waals surface area contributed by atoms with Gasteiger partial charge in [-0.05, 0) is 25.3 Å². The van der Waals surface area contributed by atoms with E-state index in [2.05, 4.69) is 16.5 Å². The van der Waals surface area contributed by atoms with Gasteiger partial charge in [0.2, 0.25) is 17.7 Å². The first-order chi connectivity index (χ1) is 13.5. The Morgan fingerprint density at radius 3 is 2.54 bits per heavy atom. The summed E-state index contributed by atoms with van der Waals surface area (Å²) in [7, 11) is 0. The lowest BCUT2D eigenvalue weighted by Gasteiger charge is -2.19. The fourth-order valence-corrected chi connectivity index (χ4v) is 4.26. The number of hydrogen-bond donors (Lipinski definition) is 1. The second-order valence-electron chi connectivity index (χ2n) is 7.67. The Labute approximate surface area is 163 Å². The number of aryl methyl sites for hydroxylation is 1. The summed E-state index contributed by atoms with van der Waals surface area (Å²) in [6.07, 6.45) is 5.05. The second kappa shape index (κ2) is 7.58. The van der Waals surface area contributed by atoms with Crippen molar-refractivity contribution in [2.75, 3.05) is 11.9 Å². The van der Waals surface area contributed by atoms with E-state index in [4.69, 9.17) is 0 Å². The molecular weight excluding hydrogens is 356 g/mol. The number of hydrogen-bond acceptors (Lipinski definition) is 4. The summed E-state index contributed by atoms with van der Waals surface area (Å²) in [4.78, 5) is 38.7. The normalized spacial score (nSPS) is 21.7. The van der Waals surface area contributed by atoms with E-state index in [0.29, 0.717) is 12.4 Å². The molecule has 2 aromatic rings. The van der Waals surface area contributed by atoms with Gasteiger partial charge in [-0.15, -0.1) is 0 Å². The number of anilines is 1. The van der Waals surface area contributed by atoms with Crippen LogP contribution in [-0.4, -0.2) is 38.9 Å². The molecule has 0 spiro atoms. The molecule has 7 nitrogen and oxygen atoms in total. The topological polar surface area (TPSA) is 84.3 Å². The van der Waals surface area contributed by atoms with Gasteiger partial charge in [0.15, 0.2) is 0 Å². The van der Waals surface area contributed by atoms with Gasteiger partial charge in [-0.1, -0.05) is 42.7 Å². The van der Waals surface area contributed by atoms with Gasteiger partial charge in [0.25, 0.3) is 0 Å². The third-order valence-corrected chi connectivity index (χ3v) is 5.63. The molecule has 2 fully saturated rings. The number of rotatable bonds is 5. The highest BCUT2D eigenvalue weighted by molar-refractivity contribution is 6.08. The van der Waals surface area contributed by atoms with Gasteiger partial charge in [0, 0.05) is 6.07 Å². The maximum absolute atomic E-state index is 12.5. The predicted molar refractivity (Wildman–Crippen MR) is 103 cm³/mol. The Balaban J connectivity index is 1.41. The third kappa shape index (κ3) is 3.56. The van der Waals surface area contributed by atoms with E-state index in [1.54, 1.807) is 16.9 Å². The molecule has 2 unspecified atom stereocenters. The van der Waals surface area contributed by atoms with Gasteiger partial charge in [-0.2, -0.15) is 5.10 Å². The molecule has 2 aliphatic rings. The molecule has 1 saturated heterocycles. The minimum Gasteiger partial charge on any atom is -0.309 e. The van der Waals surface area contributed by atoms with Crippen LogP contribution in [-0.2, 0) is 20.9 Å². The van der Waals surface area contributed by atoms with Gasteiger partial charge in [-0.3, -0.25) is 19.3 Å². The Hall–Kier alpha value is -2.96. The number of fused-ring (bicyclic) bond motifs is 1. The summed E-state index contributed by atoms with van der Waals surface area (Å²) in [5, 5.41) is 7.06. The number of nitrogens with zero attached hydrogens (tertiary/aromatic N) is 3. The van der Waals surface area contributed by atoms with Crippen molar-refractivity contribution in [3.05, 3.63) is 47.7 Å². The smallest absolute Gasteiger partial charge is 0.245 e. The second-order valence-corrected chi connectivity index (χ2v) is 7.67. The molecule has 0 bridgehead atoms. The first-order valence-corrected chi connectivity index (χ1v) is 9.75. The zero-order valence-electron chi connectivity index (χ0n) is 15.9. The zero-order chi connectivity index (χ0) is 19.7. The summed E-state index contributed by atoms with van der Waals surface area (Å²) in [5.74, 6) is -0.701. The molecule has 3 amide bonds. The number of amides is 3. The van der Waals surface area contributed by atoms with E-state index in [1.807, 2.05) is 25.1 Å². The number of carbonyl (C=O) groups is 3. The van der Waals surface area contributed by atoms with Crippen molar-refractivity contribution in [3.8, 4) is 0 Å². The van der Waals surface area contributed by atoms with Gasteiger partial charge >= 0.3 is 0 Å². The van der Waals surface area contributed by atoms with Gasteiger partial charge < -0.3 is 5.32 Å². The quantitative estimate of drug-likeness (QED) is 0.807. The number of carbonyl (C=O) groups excluding carboxylic acids is 3. The van der Waals surface area contributed by atoms with Crippen molar-refractivity contribution in [1.29, 1.82) is 0 Å². The van der Waals surface area contributed by atoms with E-state index >= 15 is 0 Å². The summed E-state index contributed by atoms with van der Waals surface area (Å²) < 4.78 is 1.69. The molecule has 1 aliphatic heterocycles. The highest BCUT2D eigenvalue weighted by Crippen LogP contribution is 2.37. The molecule has 28 heavy (non-hydrogen) atoms. The standard InChI is InChI=1S/C21H24N4O3/c1-14-5-4-6-15(11-14)12-25-18(9-10-22-25)23-19(26)13-24-20(27)16-7-2-3-8-17(16)21(24)28/h4-6,9-11,16-17H,2-3,7-8,12-13H2,1H3,(H,23,26). The lowest BCUT2D eigenvalue weighted by Crippen LogP contribution is -2.38. The van der Waals surface area contributed by atoms with Gasteiger partial charge in [0.05, 0.1) is 24.6 Å². The van der Waals surface area contributed by atoms with E-state index < -0.39 is 0 Å². The molecule has 146 valence electrons. The van der Waals surface area contributed by atoms with E-state index in [-0.39, 0.29) is 36.1 Å². The largest absolute Gasteiger partial charge is 0.309 e. The maximum atomic E-state index is 12.5. The number of imide groups is 1. The molecule has 2 atom stereocenters. The van der Waals surface area contributed by atoms with E-state index in [9.17, 15) is 14.4 Å². The van der Waals surface area contributed by atoms with Crippen molar-refractivity contribution in [3.63, 3.8) is 0 Å². The van der Waals surface area contributed by atoms with Crippen molar-refractivity contribution in [1.82, 2.24) is 14.7 Å². The zero-order valence-corrected chi connectivity index (χ0v) is 15.9. The van der Waals surface area contributed by atoms with Gasteiger partial charge in [0.1, 0.15) is 12.4 Å². The SMILES string of the molecule is Cc1cccc(Cn2nccc2NC(=O)CN2C(=O)C3CCCCC3C2=O)c1. The van der Waals surface area contributed by atoms with Crippen LogP contribution in [0.15, 0.2) is 36.5 Å². The molecule has 1 N–H and O–H groups in total. The number of likely N-dealkylation sites (tertiary alicyclic amines) is 1. The average Bonchev–Trinajstić information content (AvgIpc) is 3.20. The lowest BCUT2D eigenvalue weighted by atomic mass is 9.81. The first kappa shape index (κ1) is 18.4. The van der Waals surface area contributed by atoms with Crippen LogP contribution in [0.1, 0.15) is 36.8 Å². The molecule has 1 aromatic carbocycles. The van der Waals surface area contributed by atoms with Crippen molar-refractivity contribution in [2.24, 2.45) is 11.8 Å². The highest BCUT2D eigenvalue weighted by Gasteiger charge is 2.48. The Morgan fingerprint density at radius 2 is 1.86 bits per heavy atom. The molecule has 1 aromatic heterocycles. The van der Waals surface area contributed by atoms with Crippen LogP contribution in [0.5, 0.6) is 0 Å². The van der Waals surface area contributed by atoms with Crippen molar-refractivity contribution >= 4 is 23.5 Å². The summed E-state index contributed by atoms with van der Waals surface area (Å²) in [6, 6.07) is 9.79. The van der Waals surface area contributed by atoms with E-state index in [0.717, 1.165) is 41.7 Å².